The van der Waals surface area contributed by atoms with Crippen LogP contribution < -0.4 is 11.1 Å². The number of primary amides is 1. The molecule has 0 spiro atoms. The van der Waals surface area contributed by atoms with Gasteiger partial charge in [0.25, 0.3) is 0 Å². The van der Waals surface area contributed by atoms with E-state index >= 15 is 0 Å². The van der Waals surface area contributed by atoms with Gasteiger partial charge in [-0.15, -0.1) is 0 Å². The van der Waals surface area contributed by atoms with Crippen molar-refractivity contribution in [2.45, 2.75) is 19.9 Å². The molecule has 1 unspecified atom stereocenters. The Morgan fingerprint density at radius 1 is 1.15 bits per heavy atom. The number of rotatable bonds is 4. The van der Waals surface area contributed by atoms with Crippen LogP contribution in [0, 0.1) is 13.8 Å². The summed E-state index contributed by atoms with van der Waals surface area (Å²) < 4.78 is 0. The van der Waals surface area contributed by atoms with Gasteiger partial charge < -0.3 is 11.1 Å². The summed E-state index contributed by atoms with van der Waals surface area (Å²) in [4.78, 5) is 11.7. The first kappa shape index (κ1) is 14.4. The molecule has 0 heterocycles. The van der Waals surface area contributed by atoms with Crippen LogP contribution in [0.3, 0.4) is 0 Å². The number of aryl methyl sites for hydroxylation is 2. The molecule has 104 valence electrons. The van der Waals surface area contributed by atoms with Gasteiger partial charge in [0.05, 0.1) is 0 Å². The van der Waals surface area contributed by atoms with Gasteiger partial charge in [-0.25, -0.2) is 0 Å². The topological polar surface area (TPSA) is 55.1 Å². The molecule has 0 aliphatic heterocycles. The summed E-state index contributed by atoms with van der Waals surface area (Å²) in [6.07, 6.45) is 0. The highest BCUT2D eigenvalue weighted by atomic mass is 35.5. The smallest absolute Gasteiger partial charge is 0.244 e. The zero-order valence-electron chi connectivity index (χ0n) is 11.5. The number of carbonyl (C=O) groups excluding carboxylic acids is 1. The highest BCUT2D eigenvalue weighted by Gasteiger charge is 2.18. The zero-order chi connectivity index (χ0) is 14.7. The van der Waals surface area contributed by atoms with Crippen molar-refractivity contribution in [2.24, 2.45) is 5.73 Å². The second-order valence-corrected chi connectivity index (χ2v) is 5.35. The fraction of sp³-hybridized carbons (Fsp3) is 0.188. The van der Waals surface area contributed by atoms with Gasteiger partial charge in [-0.2, -0.15) is 0 Å². The quantitative estimate of drug-likeness (QED) is 0.903. The van der Waals surface area contributed by atoms with Gasteiger partial charge in [0.1, 0.15) is 6.04 Å². The fourth-order valence-electron chi connectivity index (χ4n) is 2.24. The standard InChI is InChI=1S/C16H17ClN2O/c1-10-6-11(2)8-12(7-10)15(16(18)20)19-14-5-3-4-13(17)9-14/h3-9,15,19H,1-2H3,(H2,18,20). The Morgan fingerprint density at radius 3 is 2.35 bits per heavy atom. The number of nitrogens with two attached hydrogens (primary N) is 1. The van der Waals surface area contributed by atoms with Gasteiger partial charge in [0, 0.05) is 10.7 Å². The Kier molecular flexibility index (Phi) is 4.30. The van der Waals surface area contributed by atoms with E-state index in [0.717, 1.165) is 22.4 Å². The minimum absolute atomic E-state index is 0.421. The van der Waals surface area contributed by atoms with E-state index in [1.807, 2.05) is 38.1 Å². The molecule has 0 aliphatic rings. The average molecular weight is 289 g/mol. The predicted octanol–water partition coefficient (Wildman–Crippen LogP) is 3.60. The molecule has 0 saturated heterocycles. The van der Waals surface area contributed by atoms with Crippen molar-refractivity contribution in [2.75, 3.05) is 5.32 Å². The van der Waals surface area contributed by atoms with E-state index in [1.165, 1.54) is 0 Å². The molecular weight excluding hydrogens is 272 g/mol. The molecular formula is C16H17ClN2O. The second kappa shape index (κ2) is 5.97. The molecule has 1 amide bonds. The summed E-state index contributed by atoms with van der Waals surface area (Å²) >= 11 is 5.95. The van der Waals surface area contributed by atoms with Crippen LogP contribution in [0.5, 0.6) is 0 Å². The van der Waals surface area contributed by atoms with E-state index in [4.69, 9.17) is 17.3 Å². The number of benzene rings is 2. The van der Waals surface area contributed by atoms with Crippen LogP contribution in [0.15, 0.2) is 42.5 Å². The maximum Gasteiger partial charge on any atom is 0.244 e. The van der Waals surface area contributed by atoms with E-state index in [9.17, 15) is 4.79 Å². The van der Waals surface area contributed by atoms with Gasteiger partial charge in [0.15, 0.2) is 0 Å². The largest absolute Gasteiger partial charge is 0.370 e. The van der Waals surface area contributed by atoms with E-state index in [-0.39, 0.29) is 0 Å². The number of anilines is 1. The van der Waals surface area contributed by atoms with Crippen LogP contribution in [-0.2, 0) is 4.79 Å². The second-order valence-electron chi connectivity index (χ2n) is 4.91. The van der Waals surface area contributed by atoms with E-state index in [0.29, 0.717) is 5.02 Å². The molecule has 4 heteroatoms. The van der Waals surface area contributed by atoms with Crippen molar-refractivity contribution < 1.29 is 4.79 Å². The van der Waals surface area contributed by atoms with Crippen molar-refractivity contribution in [3.05, 3.63) is 64.2 Å². The first-order valence-electron chi connectivity index (χ1n) is 6.35. The van der Waals surface area contributed by atoms with Crippen molar-refractivity contribution in [1.82, 2.24) is 0 Å². The third-order valence-corrected chi connectivity index (χ3v) is 3.23. The molecule has 3 nitrogen and oxygen atoms in total. The Morgan fingerprint density at radius 2 is 1.80 bits per heavy atom. The van der Waals surface area contributed by atoms with Crippen molar-refractivity contribution in [3.63, 3.8) is 0 Å². The maximum absolute atomic E-state index is 11.7. The molecule has 0 radical (unpaired) electrons. The summed E-state index contributed by atoms with van der Waals surface area (Å²) in [5, 5.41) is 3.74. The molecule has 20 heavy (non-hydrogen) atoms. The molecule has 2 aromatic rings. The lowest BCUT2D eigenvalue weighted by Crippen LogP contribution is -2.27. The van der Waals surface area contributed by atoms with E-state index in [1.54, 1.807) is 12.1 Å². The zero-order valence-corrected chi connectivity index (χ0v) is 12.2. The highest BCUT2D eigenvalue weighted by Crippen LogP contribution is 2.23. The van der Waals surface area contributed by atoms with E-state index < -0.39 is 11.9 Å². The summed E-state index contributed by atoms with van der Waals surface area (Å²) in [6.45, 7) is 3.99. The van der Waals surface area contributed by atoms with Crippen LogP contribution in [0.25, 0.3) is 0 Å². The summed E-state index contributed by atoms with van der Waals surface area (Å²) in [5.41, 5.74) is 9.33. The van der Waals surface area contributed by atoms with Gasteiger partial charge in [-0.1, -0.05) is 47.0 Å². The lowest BCUT2D eigenvalue weighted by atomic mass is 10.0. The number of halogens is 1. The fourth-order valence-corrected chi connectivity index (χ4v) is 2.43. The number of nitrogens with one attached hydrogen (secondary N) is 1. The monoisotopic (exact) mass is 288 g/mol. The van der Waals surface area contributed by atoms with E-state index in [2.05, 4.69) is 11.4 Å². The number of carbonyl (C=O) groups is 1. The first-order valence-corrected chi connectivity index (χ1v) is 6.73. The van der Waals surface area contributed by atoms with Crippen molar-refractivity contribution in [1.29, 1.82) is 0 Å². The molecule has 0 aromatic heterocycles. The number of hydrogen-bond acceptors (Lipinski definition) is 2. The van der Waals surface area contributed by atoms with Gasteiger partial charge >= 0.3 is 0 Å². The number of hydrogen-bond donors (Lipinski definition) is 2. The van der Waals surface area contributed by atoms with Crippen LogP contribution in [-0.4, -0.2) is 5.91 Å². The van der Waals surface area contributed by atoms with Crippen LogP contribution in [0.1, 0.15) is 22.7 Å². The van der Waals surface area contributed by atoms with Crippen molar-refractivity contribution >= 4 is 23.2 Å². The Hall–Kier alpha value is -2.00. The SMILES string of the molecule is Cc1cc(C)cc(C(Nc2cccc(Cl)c2)C(N)=O)c1. The summed E-state index contributed by atoms with van der Waals surface area (Å²) in [6, 6.07) is 12.6. The maximum atomic E-state index is 11.7. The molecule has 3 N–H and O–H groups in total. The molecule has 0 bridgehead atoms. The lowest BCUT2D eigenvalue weighted by Gasteiger charge is -2.18. The minimum atomic E-state index is -0.577. The Bertz CT molecular complexity index is 620. The Balaban J connectivity index is 2.34. The third kappa shape index (κ3) is 3.52. The van der Waals surface area contributed by atoms with Crippen molar-refractivity contribution in [3.8, 4) is 0 Å². The predicted molar refractivity (Wildman–Crippen MR) is 82.9 cm³/mol. The molecule has 0 saturated carbocycles. The normalized spacial score (nSPS) is 11.9. The average Bonchev–Trinajstić information content (AvgIpc) is 2.34. The molecule has 0 fully saturated rings. The molecule has 2 rings (SSSR count). The summed E-state index contributed by atoms with van der Waals surface area (Å²) in [5.74, 6) is -0.421. The highest BCUT2D eigenvalue weighted by molar-refractivity contribution is 6.30. The summed E-state index contributed by atoms with van der Waals surface area (Å²) in [7, 11) is 0. The van der Waals surface area contributed by atoms with Gasteiger partial charge in [0.2, 0.25) is 5.91 Å². The first-order chi connectivity index (χ1) is 9.45. The van der Waals surface area contributed by atoms with Crippen LogP contribution in [0.4, 0.5) is 5.69 Å². The minimum Gasteiger partial charge on any atom is -0.370 e. The van der Waals surface area contributed by atoms with Gasteiger partial charge in [-0.05, 0) is 37.6 Å². The number of amides is 1. The molecule has 0 aliphatic carbocycles. The molecule has 2 aromatic carbocycles. The lowest BCUT2D eigenvalue weighted by molar-refractivity contribution is -0.118. The Labute approximate surface area is 123 Å². The molecule has 1 atom stereocenters. The van der Waals surface area contributed by atoms with Crippen LogP contribution >= 0.6 is 11.6 Å². The third-order valence-electron chi connectivity index (χ3n) is 3.00. The van der Waals surface area contributed by atoms with Crippen LogP contribution in [0.2, 0.25) is 5.02 Å². The van der Waals surface area contributed by atoms with Gasteiger partial charge in [-0.3, -0.25) is 4.79 Å².